The van der Waals surface area contributed by atoms with Crippen LogP contribution >= 0.6 is 0 Å². The van der Waals surface area contributed by atoms with Crippen LogP contribution in [0.2, 0.25) is 0 Å². The summed E-state index contributed by atoms with van der Waals surface area (Å²) in [4.78, 5) is 28.4. The van der Waals surface area contributed by atoms with Gasteiger partial charge in [-0.2, -0.15) is 0 Å². The number of H-pyrrole nitrogens is 1. The highest BCUT2D eigenvalue weighted by Crippen LogP contribution is 2.28. The Morgan fingerprint density at radius 1 is 0.920 bits per heavy atom. The van der Waals surface area contributed by atoms with E-state index in [2.05, 4.69) is 4.98 Å². The van der Waals surface area contributed by atoms with E-state index in [1.807, 2.05) is 30.3 Å². The maximum absolute atomic E-state index is 13.3. The Hall–Kier alpha value is -3.21. The molecule has 0 spiro atoms. The zero-order valence-corrected chi connectivity index (χ0v) is 13.6. The van der Waals surface area contributed by atoms with Crippen molar-refractivity contribution < 1.29 is 9.18 Å². The number of hydrogen-bond donors (Lipinski definition) is 1. The number of aromatic nitrogens is 1. The van der Waals surface area contributed by atoms with Crippen LogP contribution in [0.5, 0.6) is 0 Å². The van der Waals surface area contributed by atoms with Gasteiger partial charge in [0.15, 0.2) is 0 Å². The summed E-state index contributed by atoms with van der Waals surface area (Å²) in [5.41, 5.74) is 1.54. The largest absolute Gasteiger partial charge is 0.329 e. The standard InChI is InChI=1S/C20H17FN2O2/c1-23(20(25)17-8-5-9-18(24)22-17)19(14-6-3-2-4-7-14)15-10-12-16(21)13-11-15/h2-13,19H,1H3,(H,22,24). The Kier molecular flexibility index (Phi) is 4.75. The first-order chi connectivity index (χ1) is 12.1. The van der Waals surface area contributed by atoms with Gasteiger partial charge >= 0.3 is 0 Å². The van der Waals surface area contributed by atoms with Crippen molar-refractivity contribution in [3.05, 3.63) is 106 Å². The van der Waals surface area contributed by atoms with Crippen molar-refractivity contribution >= 4 is 5.91 Å². The highest BCUT2D eigenvalue weighted by Gasteiger charge is 2.24. The lowest BCUT2D eigenvalue weighted by atomic mass is 9.97. The highest BCUT2D eigenvalue weighted by molar-refractivity contribution is 5.92. The molecule has 3 rings (SSSR count). The number of carbonyl (C=O) groups is 1. The molecule has 1 aromatic heterocycles. The first kappa shape index (κ1) is 16.6. The van der Waals surface area contributed by atoms with Gasteiger partial charge in [-0.1, -0.05) is 48.5 Å². The minimum atomic E-state index is -0.405. The molecule has 3 aromatic rings. The van der Waals surface area contributed by atoms with Crippen molar-refractivity contribution in [1.82, 2.24) is 9.88 Å². The molecule has 1 unspecified atom stereocenters. The van der Waals surface area contributed by atoms with Crippen molar-refractivity contribution in [2.45, 2.75) is 6.04 Å². The van der Waals surface area contributed by atoms with Gasteiger partial charge < -0.3 is 9.88 Å². The monoisotopic (exact) mass is 336 g/mol. The number of aromatic amines is 1. The summed E-state index contributed by atoms with van der Waals surface area (Å²) in [6.07, 6.45) is 0. The number of halogens is 1. The normalized spacial score (nSPS) is 11.8. The van der Waals surface area contributed by atoms with Gasteiger partial charge in [0.1, 0.15) is 11.5 Å². The molecule has 1 atom stereocenters. The number of benzene rings is 2. The molecule has 0 aliphatic heterocycles. The number of carbonyl (C=O) groups excluding carboxylic acids is 1. The molecule has 0 aliphatic carbocycles. The smallest absolute Gasteiger partial charge is 0.270 e. The molecular weight excluding hydrogens is 319 g/mol. The summed E-state index contributed by atoms with van der Waals surface area (Å²) in [7, 11) is 1.66. The Morgan fingerprint density at radius 2 is 1.56 bits per heavy atom. The maximum Gasteiger partial charge on any atom is 0.270 e. The molecule has 1 N–H and O–H groups in total. The first-order valence-electron chi connectivity index (χ1n) is 7.83. The highest BCUT2D eigenvalue weighted by atomic mass is 19.1. The molecule has 25 heavy (non-hydrogen) atoms. The van der Waals surface area contributed by atoms with Gasteiger partial charge in [0.05, 0.1) is 6.04 Å². The van der Waals surface area contributed by atoms with Crippen LogP contribution in [-0.2, 0) is 0 Å². The van der Waals surface area contributed by atoms with Crippen LogP contribution < -0.4 is 5.56 Å². The van der Waals surface area contributed by atoms with Gasteiger partial charge in [-0.05, 0) is 29.3 Å². The molecule has 1 amide bonds. The zero-order chi connectivity index (χ0) is 17.8. The predicted molar refractivity (Wildman–Crippen MR) is 93.8 cm³/mol. The second kappa shape index (κ2) is 7.13. The number of nitrogens with one attached hydrogen (secondary N) is 1. The SMILES string of the molecule is CN(C(=O)c1cccc(=O)[nH]1)C(c1ccccc1)c1ccc(F)cc1. The molecule has 5 heteroatoms. The minimum Gasteiger partial charge on any atom is -0.329 e. The van der Waals surface area contributed by atoms with E-state index in [4.69, 9.17) is 0 Å². The molecule has 0 radical (unpaired) electrons. The van der Waals surface area contributed by atoms with Gasteiger partial charge in [-0.15, -0.1) is 0 Å². The van der Waals surface area contributed by atoms with Gasteiger partial charge in [0.25, 0.3) is 5.91 Å². The number of pyridine rings is 1. The van der Waals surface area contributed by atoms with Crippen molar-refractivity contribution in [3.8, 4) is 0 Å². The van der Waals surface area contributed by atoms with E-state index in [0.717, 1.165) is 11.1 Å². The molecule has 4 nitrogen and oxygen atoms in total. The van der Waals surface area contributed by atoms with Gasteiger partial charge in [-0.3, -0.25) is 9.59 Å². The van der Waals surface area contributed by atoms with Crippen LogP contribution in [0.3, 0.4) is 0 Å². The summed E-state index contributed by atoms with van der Waals surface area (Å²) >= 11 is 0. The van der Waals surface area contributed by atoms with E-state index in [1.54, 1.807) is 25.2 Å². The van der Waals surface area contributed by atoms with Crippen molar-refractivity contribution in [3.63, 3.8) is 0 Å². The van der Waals surface area contributed by atoms with E-state index in [9.17, 15) is 14.0 Å². The molecule has 1 heterocycles. The summed E-state index contributed by atoms with van der Waals surface area (Å²) in [6.45, 7) is 0. The average molecular weight is 336 g/mol. The molecule has 0 saturated carbocycles. The van der Waals surface area contributed by atoms with E-state index in [-0.39, 0.29) is 23.0 Å². The molecule has 0 fully saturated rings. The zero-order valence-electron chi connectivity index (χ0n) is 13.6. The molecule has 0 bridgehead atoms. The quantitative estimate of drug-likeness (QED) is 0.794. The fourth-order valence-corrected chi connectivity index (χ4v) is 2.80. The van der Waals surface area contributed by atoms with E-state index in [0.29, 0.717) is 0 Å². The molecular formula is C20H17FN2O2. The number of rotatable bonds is 4. The van der Waals surface area contributed by atoms with Crippen molar-refractivity contribution in [1.29, 1.82) is 0 Å². The molecule has 126 valence electrons. The lowest BCUT2D eigenvalue weighted by Gasteiger charge is -2.29. The number of nitrogens with zero attached hydrogens (tertiary/aromatic N) is 1. The third-order valence-electron chi connectivity index (χ3n) is 4.01. The minimum absolute atomic E-state index is 0.207. The third-order valence-corrected chi connectivity index (χ3v) is 4.01. The summed E-state index contributed by atoms with van der Waals surface area (Å²) in [5.74, 6) is -0.659. The van der Waals surface area contributed by atoms with E-state index in [1.165, 1.54) is 29.2 Å². The number of amides is 1. The predicted octanol–water partition coefficient (Wildman–Crippen LogP) is 3.38. The van der Waals surface area contributed by atoms with Crippen LogP contribution in [0, 0.1) is 5.82 Å². The van der Waals surface area contributed by atoms with E-state index < -0.39 is 6.04 Å². The van der Waals surface area contributed by atoms with Crippen molar-refractivity contribution in [2.24, 2.45) is 0 Å². The lowest BCUT2D eigenvalue weighted by Crippen LogP contribution is -2.33. The Balaban J connectivity index is 2.03. The fourth-order valence-electron chi connectivity index (χ4n) is 2.80. The average Bonchev–Trinajstić information content (AvgIpc) is 2.64. The van der Waals surface area contributed by atoms with Gasteiger partial charge in [0, 0.05) is 13.1 Å². The number of hydrogen-bond acceptors (Lipinski definition) is 2. The Bertz CT molecular complexity index is 920. The summed E-state index contributed by atoms with van der Waals surface area (Å²) in [5, 5.41) is 0. The summed E-state index contributed by atoms with van der Waals surface area (Å²) in [6, 6.07) is 19.6. The fraction of sp³-hybridized carbons (Fsp3) is 0.100. The lowest BCUT2D eigenvalue weighted by molar-refractivity contribution is 0.0749. The topological polar surface area (TPSA) is 53.2 Å². The second-order valence-corrected chi connectivity index (χ2v) is 5.71. The molecule has 2 aromatic carbocycles. The molecule has 0 saturated heterocycles. The van der Waals surface area contributed by atoms with Crippen LogP contribution in [0.4, 0.5) is 4.39 Å². The maximum atomic E-state index is 13.3. The molecule has 0 aliphatic rings. The van der Waals surface area contributed by atoms with E-state index >= 15 is 0 Å². The van der Waals surface area contributed by atoms with Gasteiger partial charge in [-0.25, -0.2) is 4.39 Å². The Morgan fingerprint density at radius 3 is 2.20 bits per heavy atom. The third kappa shape index (κ3) is 3.66. The van der Waals surface area contributed by atoms with Crippen molar-refractivity contribution in [2.75, 3.05) is 7.05 Å². The first-order valence-corrected chi connectivity index (χ1v) is 7.83. The van der Waals surface area contributed by atoms with Crippen LogP contribution in [0.1, 0.15) is 27.7 Å². The van der Waals surface area contributed by atoms with Crippen LogP contribution in [0.15, 0.2) is 77.6 Å². The van der Waals surface area contributed by atoms with Crippen LogP contribution in [-0.4, -0.2) is 22.8 Å². The van der Waals surface area contributed by atoms with Gasteiger partial charge in [0.2, 0.25) is 5.56 Å². The second-order valence-electron chi connectivity index (χ2n) is 5.71. The van der Waals surface area contributed by atoms with Crippen LogP contribution in [0.25, 0.3) is 0 Å². The summed E-state index contributed by atoms with van der Waals surface area (Å²) < 4.78 is 13.3. The Labute approximate surface area is 144 Å².